The molecule has 0 bridgehead atoms. The fourth-order valence-electron chi connectivity index (χ4n) is 3.54. The smallest absolute Gasteiger partial charge is 0.126 e. The molecule has 2 unspecified atom stereocenters. The van der Waals surface area contributed by atoms with Gasteiger partial charge < -0.3 is 9.84 Å². The van der Waals surface area contributed by atoms with Gasteiger partial charge in [-0.3, -0.25) is 10.3 Å². The van der Waals surface area contributed by atoms with Crippen LogP contribution in [0.25, 0.3) is 0 Å². The van der Waals surface area contributed by atoms with Crippen LogP contribution in [0.4, 0.5) is 4.39 Å². The van der Waals surface area contributed by atoms with E-state index in [1.165, 1.54) is 12.1 Å². The number of benzene rings is 3. The van der Waals surface area contributed by atoms with E-state index in [4.69, 9.17) is 9.73 Å². The van der Waals surface area contributed by atoms with Crippen LogP contribution in [0, 0.1) is 5.82 Å². The number of hydrogen-bond donors (Lipinski definition) is 2. The first-order valence-corrected chi connectivity index (χ1v) is 10.0. The predicted octanol–water partition coefficient (Wildman–Crippen LogP) is 5.52. The number of methoxy groups -OCH3 is 1. The fraction of sp³-hybridized carbons (Fsp3) is 0.174. The summed E-state index contributed by atoms with van der Waals surface area (Å²) in [6, 6.07) is 19.3. The van der Waals surface area contributed by atoms with Gasteiger partial charge in [0, 0.05) is 28.2 Å². The maximum Gasteiger partial charge on any atom is 0.126 e. The quantitative estimate of drug-likeness (QED) is 0.545. The molecule has 0 aliphatic carbocycles. The lowest BCUT2D eigenvalue weighted by Crippen LogP contribution is -2.33. The molecule has 0 spiro atoms. The summed E-state index contributed by atoms with van der Waals surface area (Å²) >= 11 is 3.48. The Balaban J connectivity index is 1.78. The Kier molecular flexibility index (Phi) is 5.65. The van der Waals surface area contributed by atoms with Gasteiger partial charge in [-0.15, -0.1) is 0 Å². The monoisotopic (exact) mass is 454 g/mol. The standard InChI is InChI=1S/C23H20BrFN2O2/c1-29-18-7-3-4-14(11-18)20-13-21(19-12-16(24)8-9-22(19)28)27-23(26-20)15-5-2-6-17(25)10-15/h2-12,21,23,27-28H,13H2,1H3. The van der Waals surface area contributed by atoms with Crippen LogP contribution in [-0.2, 0) is 0 Å². The average molecular weight is 455 g/mol. The molecule has 148 valence electrons. The number of nitrogens with one attached hydrogen (secondary N) is 1. The first-order chi connectivity index (χ1) is 14.0. The third kappa shape index (κ3) is 4.33. The number of hydrogen-bond acceptors (Lipinski definition) is 4. The molecule has 4 rings (SSSR count). The van der Waals surface area contributed by atoms with Crippen LogP contribution in [0.1, 0.15) is 35.3 Å². The number of aliphatic imine (C=N–C) groups is 1. The minimum atomic E-state index is -0.441. The summed E-state index contributed by atoms with van der Waals surface area (Å²) in [6.07, 6.45) is 0.132. The van der Waals surface area contributed by atoms with Gasteiger partial charge in [-0.1, -0.05) is 40.2 Å². The number of nitrogens with zero attached hydrogens (tertiary/aromatic N) is 1. The number of ether oxygens (including phenoxy) is 1. The maximum absolute atomic E-state index is 13.8. The van der Waals surface area contributed by atoms with Gasteiger partial charge in [0.15, 0.2) is 0 Å². The Morgan fingerprint density at radius 1 is 1.10 bits per heavy atom. The third-order valence-corrected chi connectivity index (χ3v) is 5.47. The molecule has 29 heavy (non-hydrogen) atoms. The van der Waals surface area contributed by atoms with Gasteiger partial charge in [-0.25, -0.2) is 4.39 Å². The fourth-order valence-corrected chi connectivity index (χ4v) is 3.91. The lowest BCUT2D eigenvalue weighted by atomic mass is 9.93. The molecule has 3 aromatic rings. The molecular formula is C23H20BrFN2O2. The minimum absolute atomic E-state index is 0.195. The van der Waals surface area contributed by atoms with Crippen molar-refractivity contribution in [2.45, 2.75) is 18.6 Å². The normalized spacial score (nSPS) is 18.9. The molecule has 0 fully saturated rings. The van der Waals surface area contributed by atoms with Crippen LogP contribution >= 0.6 is 15.9 Å². The molecule has 0 saturated carbocycles. The van der Waals surface area contributed by atoms with Gasteiger partial charge in [0.2, 0.25) is 0 Å². The van der Waals surface area contributed by atoms with E-state index < -0.39 is 6.17 Å². The van der Waals surface area contributed by atoms with Crippen LogP contribution in [0.5, 0.6) is 11.5 Å². The van der Waals surface area contributed by atoms with Crippen molar-refractivity contribution in [3.8, 4) is 11.5 Å². The summed E-state index contributed by atoms with van der Waals surface area (Å²) in [7, 11) is 1.63. The number of rotatable bonds is 4. The first-order valence-electron chi connectivity index (χ1n) is 9.24. The Morgan fingerprint density at radius 2 is 1.93 bits per heavy atom. The maximum atomic E-state index is 13.8. The van der Waals surface area contributed by atoms with E-state index in [-0.39, 0.29) is 17.6 Å². The third-order valence-electron chi connectivity index (χ3n) is 4.97. The van der Waals surface area contributed by atoms with Gasteiger partial charge in [-0.2, -0.15) is 0 Å². The zero-order valence-electron chi connectivity index (χ0n) is 15.8. The van der Waals surface area contributed by atoms with Crippen molar-refractivity contribution < 1.29 is 14.2 Å². The molecule has 4 nitrogen and oxygen atoms in total. The van der Waals surface area contributed by atoms with Gasteiger partial charge in [0.25, 0.3) is 0 Å². The highest BCUT2D eigenvalue weighted by Crippen LogP contribution is 2.36. The summed E-state index contributed by atoms with van der Waals surface area (Å²) in [6.45, 7) is 0. The summed E-state index contributed by atoms with van der Waals surface area (Å²) < 4.78 is 20.1. The zero-order chi connectivity index (χ0) is 20.4. The molecular weight excluding hydrogens is 435 g/mol. The number of aromatic hydroxyl groups is 1. The highest BCUT2D eigenvalue weighted by molar-refractivity contribution is 9.10. The summed E-state index contributed by atoms with van der Waals surface area (Å²) in [5.74, 6) is 0.637. The number of halogens is 2. The minimum Gasteiger partial charge on any atom is -0.508 e. The van der Waals surface area contributed by atoms with Gasteiger partial charge in [0.05, 0.1) is 7.11 Å². The van der Waals surface area contributed by atoms with E-state index in [0.717, 1.165) is 32.6 Å². The van der Waals surface area contributed by atoms with Crippen LogP contribution in [-0.4, -0.2) is 17.9 Å². The van der Waals surface area contributed by atoms with E-state index in [1.54, 1.807) is 25.3 Å². The van der Waals surface area contributed by atoms with E-state index in [0.29, 0.717) is 6.42 Å². The molecule has 1 aliphatic heterocycles. The number of phenols is 1. The van der Waals surface area contributed by atoms with Crippen LogP contribution < -0.4 is 10.1 Å². The Morgan fingerprint density at radius 3 is 2.72 bits per heavy atom. The largest absolute Gasteiger partial charge is 0.508 e. The van der Waals surface area contributed by atoms with Crippen molar-refractivity contribution in [2.75, 3.05) is 7.11 Å². The molecule has 0 amide bonds. The van der Waals surface area contributed by atoms with Crippen molar-refractivity contribution in [3.05, 3.63) is 93.7 Å². The lowest BCUT2D eigenvalue weighted by molar-refractivity contribution is 0.410. The second-order valence-corrected chi connectivity index (χ2v) is 7.81. The van der Waals surface area contributed by atoms with Crippen molar-refractivity contribution in [2.24, 2.45) is 4.99 Å². The topological polar surface area (TPSA) is 53.8 Å². The van der Waals surface area contributed by atoms with E-state index in [2.05, 4.69) is 21.2 Å². The predicted molar refractivity (Wildman–Crippen MR) is 115 cm³/mol. The first kappa shape index (κ1) is 19.6. The van der Waals surface area contributed by atoms with E-state index >= 15 is 0 Å². The highest BCUT2D eigenvalue weighted by atomic mass is 79.9. The summed E-state index contributed by atoms with van der Waals surface area (Å²) in [5, 5.41) is 13.9. The lowest BCUT2D eigenvalue weighted by Gasteiger charge is -2.31. The summed E-state index contributed by atoms with van der Waals surface area (Å²) in [4.78, 5) is 4.86. The number of phenolic OH excluding ortho intramolecular Hbond substituents is 1. The molecule has 0 saturated heterocycles. The molecule has 2 N–H and O–H groups in total. The molecule has 0 radical (unpaired) electrons. The average Bonchev–Trinajstić information content (AvgIpc) is 2.75. The van der Waals surface area contributed by atoms with Crippen molar-refractivity contribution in [3.63, 3.8) is 0 Å². The van der Waals surface area contributed by atoms with Crippen LogP contribution in [0.15, 0.2) is 76.2 Å². The Labute approximate surface area is 177 Å². The molecule has 0 aromatic heterocycles. The molecule has 1 aliphatic rings. The Bertz CT molecular complexity index is 1070. The second kappa shape index (κ2) is 8.35. The van der Waals surface area contributed by atoms with Crippen LogP contribution in [0.3, 0.4) is 0 Å². The van der Waals surface area contributed by atoms with Gasteiger partial charge in [0.1, 0.15) is 23.5 Å². The summed E-state index contributed by atoms with van der Waals surface area (Å²) in [5.41, 5.74) is 3.29. The molecule has 1 heterocycles. The van der Waals surface area contributed by atoms with E-state index in [9.17, 15) is 9.50 Å². The van der Waals surface area contributed by atoms with Gasteiger partial charge in [-0.05, 0) is 53.6 Å². The molecule has 2 atom stereocenters. The van der Waals surface area contributed by atoms with Crippen LogP contribution in [0.2, 0.25) is 0 Å². The zero-order valence-corrected chi connectivity index (χ0v) is 17.4. The SMILES string of the molecule is COc1cccc(C2=NC(c3cccc(F)c3)NC(c3cc(Br)ccc3O)C2)c1. The van der Waals surface area contributed by atoms with Crippen molar-refractivity contribution in [1.29, 1.82) is 0 Å². The molecule has 3 aromatic carbocycles. The molecule has 6 heteroatoms. The Hall–Kier alpha value is -2.70. The highest BCUT2D eigenvalue weighted by Gasteiger charge is 2.28. The second-order valence-electron chi connectivity index (χ2n) is 6.89. The van der Waals surface area contributed by atoms with Crippen molar-refractivity contribution in [1.82, 2.24) is 5.32 Å². The van der Waals surface area contributed by atoms with E-state index in [1.807, 2.05) is 36.4 Å². The van der Waals surface area contributed by atoms with Crippen molar-refractivity contribution >= 4 is 21.6 Å². The van der Waals surface area contributed by atoms with Gasteiger partial charge >= 0.3 is 0 Å².